The highest BCUT2D eigenvalue weighted by molar-refractivity contribution is 6.02. The third-order valence-electron chi connectivity index (χ3n) is 5.43. The average molecular weight is 505 g/mol. The molecule has 0 aliphatic rings. The lowest BCUT2D eigenvalue weighted by Crippen LogP contribution is -1.93. The number of hydrogen-bond donors (Lipinski definition) is 3. The minimum Gasteiger partial charge on any atom is -0.508 e. The molecular formula is C31H36O6. The molecular weight excluding hydrogens is 468 g/mol. The normalized spacial score (nSPS) is 11.6. The number of ether oxygens (including phenoxy) is 2. The van der Waals surface area contributed by atoms with E-state index < -0.39 is 5.78 Å². The molecule has 0 unspecified atom stereocenters. The lowest BCUT2D eigenvalue weighted by atomic mass is 10.0. The Morgan fingerprint density at radius 2 is 1.19 bits per heavy atom. The maximum absolute atomic E-state index is 12.4. The Labute approximate surface area is 219 Å². The van der Waals surface area contributed by atoms with E-state index in [1.165, 1.54) is 26.4 Å². The second-order valence-electron chi connectivity index (χ2n) is 9.07. The van der Waals surface area contributed by atoms with Crippen molar-refractivity contribution in [1.82, 2.24) is 0 Å². The van der Waals surface area contributed by atoms with Gasteiger partial charge in [0.15, 0.2) is 28.8 Å². The van der Waals surface area contributed by atoms with Gasteiger partial charge in [-0.25, -0.2) is 0 Å². The van der Waals surface area contributed by atoms with Crippen molar-refractivity contribution in [2.75, 3.05) is 14.2 Å². The first kappa shape index (κ1) is 29.0. The number of methoxy groups -OCH3 is 2. The van der Waals surface area contributed by atoms with Crippen LogP contribution in [0.15, 0.2) is 71.6 Å². The Kier molecular flexibility index (Phi) is 10.8. The number of ketones is 1. The van der Waals surface area contributed by atoms with E-state index in [2.05, 4.69) is 0 Å². The van der Waals surface area contributed by atoms with Gasteiger partial charge in [0.05, 0.1) is 14.2 Å². The molecule has 6 heteroatoms. The number of allylic oxidation sites excluding steroid dienone is 7. The minimum absolute atomic E-state index is 0.0704. The van der Waals surface area contributed by atoms with E-state index in [9.17, 15) is 20.1 Å². The van der Waals surface area contributed by atoms with E-state index in [0.717, 1.165) is 17.2 Å². The van der Waals surface area contributed by atoms with Crippen LogP contribution in [0, 0.1) is 0 Å². The van der Waals surface area contributed by atoms with Crippen molar-refractivity contribution in [2.45, 2.75) is 40.5 Å². The van der Waals surface area contributed by atoms with Crippen molar-refractivity contribution in [2.24, 2.45) is 0 Å². The Hall–Kier alpha value is -4.19. The van der Waals surface area contributed by atoms with Gasteiger partial charge < -0.3 is 24.8 Å². The molecule has 0 atom stereocenters. The lowest BCUT2D eigenvalue weighted by Gasteiger charge is -2.10. The van der Waals surface area contributed by atoms with Gasteiger partial charge in [0, 0.05) is 17.2 Å². The fourth-order valence-electron chi connectivity index (χ4n) is 3.42. The van der Waals surface area contributed by atoms with Crippen LogP contribution in [0.5, 0.6) is 23.0 Å². The summed E-state index contributed by atoms with van der Waals surface area (Å²) in [6.45, 7) is 7.92. The van der Waals surface area contributed by atoms with Crippen LogP contribution < -0.4 is 9.47 Å². The number of carbonyl (C=O) groups is 1. The molecule has 0 spiro atoms. The van der Waals surface area contributed by atoms with E-state index in [4.69, 9.17) is 9.47 Å². The quantitative estimate of drug-likeness (QED) is 0.134. The Morgan fingerprint density at radius 1 is 0.757 bits per heavy atom. The molecule has 0 aliphatic carbocycles. The van der Waals surface area contributed by atoms with E-state index in [1.807, 2.05) is 39.8 Å². The molecule has 0 radical (unpaired) electrons. The van der Waals surface area contributed by atoms with Crippen LogP contribution in [0.4, 0.5) is 0 Å². The average Bonchev–Trinajstić information content (AvgIpc) is 2.85. The van der Waals surface area contributed by atoms with Crippen LogP contribution in [-0.2, 0) is 17.6 Å². The van der Waals surface area contributed by atoms with Gasteiger partial charge in [-0.15, -0.1) is 0 Å². The third-order valence-corrected chi connectivity index (χ3v) is 5.43. The summed E-state index contributed by atoms with van der Waals surface area (Å²) in [6, 6.07) is 6.88. The summed E-state index contributed by atoms with van der Waals surface area (Å²) in [4.78, 5) is 12.4. The van der Waals surface area contributed by atoms with Crippen LogP contribution in [0.1, 0.15) is 49.9 Å². The molecule has 0 saturated carbocycles. The summed E-state index contributed by atoms with van der Waals surface area (Å²) < 4.78 is 10.5. The van der Waals surface area contributed by atoms with Crippen molar-refractivity contribution in [3.05, 3.63) is 93.8 Å². The third kappa shape index (κ3) is 9.08. The molecule has 196 valence electrons. The molecule has 2 aromatic rings. The molecule has 37 heavy (non-hydrogen) atoms. The molecule has 3 N–H and O–H groups in total. The highest BCUT2D eigenvalue weighted by Gasteiger charge is 2.10. The van der Waals surface area contributed by atoms with Gasteiger partial charge in [-0.3, -0.25) is 4.79 Å². The summed E-state index contributed by atoms with van der Waals surface area (Å²) in [5, 5.41) is 31.0. The maximum Gasteiger partial charge on any atom is 0.182 e. The first-order valence-corrected chi connectivity index (χ1v) is 11.9. The molecule has 0 aliphatic heterocycles. The van der Waals surface area contributed by atoms with Crippen molar-refractivity contribution in [1.29, 1.82) is 0 Å². The first-order chi connectivity index (χ1) is 17.5. The minimum atomic E-state index is -0.410. The van der Waals surface area contributed by atoms with Crippen LogP contribution in [0.25, 0.3) is 12.2 Å². The van der Waals surface area contributed by atoms with Crippen LogP contribution in [0.2, 0.25) is 0 Å². The monoisotopic (exact) mass is 504 g/mol. The zero-order chi connectivity index (χ0) is 27.5. The Bertz CT molecular complexity index is 1270. The van der Waals surface area contributed by atoms with Crippen molar-refractivity contribution in [3.63, 3.8) is 0 Å². The van der Waals surface area contributed by atoms with Crippen LogP contribution in [-0.4, -0.2) is 35.3 Å². The van der Waals surface area contributed by atoms with Crippen molar-refractivity contribution < 1.29 is 29.6 Å². The van der Waals surface area contributed by atoms with Crippen molar-refractivity contribution in [3.8, 4) is 23.0 Å². The summed E-state index contributed by atoms with van der Waals surface area (Å²) >= 11 is 0. The number of phenols is 2. The number of hydrogen-bond acceptors (Lipinski definition) is 6. The number of carbonyl (C=O) groups excluding carboxylic acids is 1. The second kappa shape index (κ2) is 13.8. The highest BCUT2D eigenvalue weighted by atomic mass is 16.5. The predicted molar refractivity (Wildman–Crippen MR) is 149 cm³/mol. The fourth-order valence-corrected chi connectivity index (χ4v) is 3.42. The SMILES string of the molecule is COc1cc(/C=C/C(=O)/C=C(O)/C=C/c2cc(CC=C(C)C)c(O)c(OC)c2)cc(CC=C(C)C)c1O. The van der Waals surface area contributed by atoms with Gasteiger partial charge in [0.25, 0.3) is 0 Å². The Balaban J connectivity index is 2.22. The summed E-state index contributed by atoms with van der Waals surface area (Å²) in [6.07, 6.45) is 12.1. The molecule has 2 rings (SSSR count). The Morgan fingerprint density at radius 3 is 1.59 bits per heavy atom. The molecule has 0 heterocycles. The lowest BCUT2D eigenvalue weighted by molar-refractivity contribution is -0.110. The topological polar surface area (TPSA) is 96.2 Å². The number of benzene rings is 2. The molecule has 0 aromatic heterocycles. The molecule has 0 amide bonds. The zero-order valence-corrected chi connectivity index (χ0v) is 22.3. The molecule has 2 aromatic carbocycles. The first-order valence-electron chi connectivity index (χ1n) is 11.9. The van der Waals surface area contributed by atoms with Gasteiger partial charge in [0.1, 0.15) is 5.76 Å². The number of phenolic OH excluding ortho intramolecular Hbond substituents is 2. The van der Waals surface area contributed by atoms with Crippen LogP contribution in [0.3, 0.4) is 0 Å². The molecule has 6 nitrogen and oxygen atoms in total. The zero-order valence-electron chi connectivity index (χ0n) is 22.3. The largest absolute Gasteiger partial charge is 0.508 e. The predicted octanol–water partition coefficient (Wildman–Crippen LogP) is 6.87. The standard InChI is InChI=1S/C31H36O6/c1-20(2)7-11-24-15-22(17-28(36-5)30(24)34)9-13-26(32)19-27(33)14-10-23-16-25(12-8-21(3)4)31(35)29(18-23)37-6/h7-10,13-19,32,34-35H,11-12H2,1-6H3/b13-9+,14-10+,26-19-. The van der Waals surface area contributed by atoms with Gasteiger partial charge in [-0.1, -0.05) is 35.5 Å². The number of aliphatic hydroxyl groups is 1. The van der Waals surface area contributed by atoms with Gasteiger partial charge >= 0.3 is 0 Å². The number of aromatic hydroxyl groups is 2. The summed E-state index contributed by atoms with van der Waals surface area (Å²) in [5.74, 6) is 0.164. The summed E-state index contributed by atoms with van der Waals surface area (Å²) in [5.41, 5.74) is 5.01. The van der Waals surface area contributed by atoms with Crippen LogP contribution >= 0.6 is 0 Å². The molecule has 0 bridgehead atoms. The van der Waals surface area contributed by atoms with E-state index >= 15 is 0 Å². The van der Waals surface area contributed by atoms with Gasteiger partial charge in [-0.05, 0) is 88.1 Å². The van der Waals surface area contributed by atoms with E-state index in [1.54, 1.807) is 36.4 Å². The van der Waals surface area contributed by atoms with Crippen molar-refractivity contribution >= 4 is 17.9 Å². The fraction of sp³-hybridized carbons (Fsp3) is 0.258. The maximum atomic E-state index is 12.4. The van der Waals surface area contributed by atoms with Gasteiger partial charge in [0.2, 0.25) is 0 Å². The number of aliphatic hydroxyl groups excluding tert-OH is 1. The van der Waals surface area contributed by atoms with Gasteiger partial charge in [-0.2, -0.15) is 0 Å². The molecule has 0 saturated heterocycles. The highest BCUT2D eigenvalue weighted by Crippen LogP contribution is 2.34. The van der Waals surface area contributed by atoms with E-state index in [0.29, 0.717) is 46.6 Å². The van der Waals surface area contributed by atoms with E-state index in [-0.39, 0.29) is 17.3 Å². The summed E-state index contributed by atoms with van der Waals surface area (Å²) in [7, 11) is 2.95. The number of rotatable bonds is 11. The smallest absolute Gasteiger partial charge is 0.182 e. The molecule has 0 fully saturated rings. The second-order valence-corrected chi connectivity index (χ2v) is 9.07.